The first-order valence-corrected chi connectivity index (χ1v) is 14.9. The van der Waals surface area contributed by atoms with Gasteiger partial charge in [-0.3, -0.25) is 0 Å². The summed E-state index contributed by atoms with van der Waals surface area (Å²) in [4.78, 5) is 0. The van der Waals surface area contributed by atoms with Gasteiger partial charge in [-0.2, -0.15) is 0 Å². The zero-order valence-corrected chi connectivity index (χ0v) is 22.6. The summed E-state index contributed by atoms with van der Waals surface area (Å²) in [5.74, 6) is 0. The van der Waals surface area contributed by atoms with Gasteiger partial charge in [0.2, 0.25) is 0 Å². The second kappa shape index (κ2) is 11.6. The van der Waals surface area contributed by atoms with E-state index in [4.69, 9.17) is 0 Å². The van der Waals surface area contributed by atoms with Crippen LogP contribution >= 0.6 is 7.26 Å². The standard InChI is InChI=1S/C37H30P.H2O/c1-7-19-31(20-8-1)37(32-21-9-2-10-22-32,33-23-11-3-12-24-33)38(34-25-13-4-14-26-34,35-27-15-5-16-28-35)36-29-17-6-18-30-36;/h1-30H;1H2/q+1;/p-1. The van der Waals surface area contributed by atoms with Crippen LogP contribution in [0.4, 0.5) is 0 Å². The minimum atomic E-state index is -2.46. The largest absolute Gasteiger partial charge is 0.870 e. The fourth-order valence-corrected chi connectivity index (χ4v) is 11.6. The SMILES string of the molecule is [OH-].c1ccc(C(c2ccccc2)(c2ccccc2)[P+](c2ccccc2)(c2ccccc2)c2ccccc2)cc1. The van der Waals surface area contributed by atoms with Crippen LogP contribution in [-0.2, 0) is 5.16 Å². The van der Waals surface area contributed by atoms with Crippen molar-refractivity contribution in [3.8, 4) is 0 Å². The number of rotatable bonds is 7. The molecule has 0 spiro atoms. The van der Waals surface area contributed by atoms with Crippen LogP contribution in [0.2, 0.25) is 0 Å². The number of hydrogen-bond donors (Lipinski definition) is 0. The molecule has 0 bridgehead atoms. The molecule has 0 amide bonds. The third kappa shape index (κ3) is 4.31. The lowest BCUT2D eigenvalue weighted by Gasteiger charge is -2.46. The molecule has 190 valence electrons. The Labute approximate surface area is 232 Å². The molecular weight excluding hydrogens is 491 g/mol. The zero-order valence-electron chi connectivity index (χ0n) is 21.7. The van der Waals surface area contributed by atoms with E-state index in [0.29, 0.717) is 0 Å². The van der Waals surface area contributed by atoms with Crippen molar-refractivity contribution in [3.63, 3.8) is 0 Å². The highest BCUT2D eigenvalue weighted by Gasteiger charge is 2.65. The van der Waals surface area contributed by atoms with Gasteiger partial charge in [-0.05, 0) is 36.4 Å². The molecule has 39 heavy (non-hydrogen) atoms. The first-order valence-electron chi connectivity index (χ1n) is 13.1. The molecule has 2 heteroatoms. The van der Waals surface area contributed by atoms with Gasteiger partial charge in [0.1, 0.15) is 23.2 Å². The Bertz CT molecular complexity index is 1250. The van der Waals surface area contributed by atoms with E-state index in [1.165, 1.54) is 32.6 Å². The maximum Gasteiger partial charge on any atom is 0.168 e. The minimum absolute atomic E-state index is 0. The molecule has 0 saturated heterocycles. The van der Waals surface area contributed by atoms with Crippen molar-refractivity contribution in [2.75, 3.05) is 0 Å². The summed E-state index contributed by atoms with van der Waals surface area (Å²) in [6, 6.07) is 67.1. The summed E-state index contributed by atoms with van der Waals surface area (Å²) >= 11 is 0. The Morgan fingerprint density at radius 1 is 0.282 bits per heavy atom. The van der Waals surface area contributed by atoms with Crippen molar-refractivity contribution in [2.24, 2.45) is 0 Å². The van der Waals surface area contributed by atoms with E-state index in [2.05, 4.69) is 182 Å². The molecule has 6 aromatic carbocycles. The monoisotopic (exact) mass is 522 g/mol. The lowest BCUT2D eigenvalue weighted by Crippen LogP contribution is -2.47. The van der Waals surface area contributed by atoms with E-state index in [1.807, 2.05) is 0 Å². The van der Waals surface area contributed by atoms with E-state index in [-0.39, 0.29) is 5.48 Å². The summed E-state index contributed by atoms with van der Waals surface area (Å²) in [6.45, 7) is 0. The predicted molar refractivity (Wildman–Crippen MR) is 166 cm³/mol. The summed E-state index contributed by atoms with van der Waals surface area (Å²) in [5, 5.41) is 3.58. The first-order chi connectivity index (χ1) is 18.9. The number of benzene rings is 6. The minimum Gasteiger partial charge on any atom is -0.870 e. The molecular formula is C37H31OP. The maximum absolute atomic E-state index is 2.46. The van der Waals surface area contributed by atoms with E-state index in [1.54, 1.807) is 0 Å². The van der Waals surface area contributed by atoms with Gasteiger partial charge in [0, 0.05) is 16.7 Å². The molecule has 0 saturated carbocycles. The normalized spacial score (nSPS) is 11.4. The van der Waals surface area contributed by atoms with Crippen molar-refractivity contribution in [1.29, 1.82) is 0 Å². The van der Waals surface area contributed by atoms with Gasteiger partial charge in [0.05, 0.1) is 0 Å². The predicted octanol–water partition coefficient (Wildman–Crippen LogP) is 7.80. The van der Waals surface area contributed by atoms with Crippen molar-refractivity contribution in [2.45, 2.75) is 5.16 Å². The molecule has 0 aliphatic heterocycles. The van der Waals surface area contributed by atoms with E-state index >= 15 is 0 Å². The van der Waals surface area contributed by atoms with E-state index < -0.39 is 12.4 Å². The van der Waals surface area contributed by atoms with Crippen LogP contribution in [0.25, 0.3) is 0 Å². The molecule has 0 aromatic heterocycles. The van der Waals surface area contributed by atoms with Crippen LogP contribution in [0, 0.1) is 0 Å². The molecule has 0 aliphatic rings. The Morgan fingerprint density at radius 2 is 0.487 bits per heavy atom. The second-order valence-corrected chi connectivity index (χ2v) is 13.0. The van der Waals surface area contributed by atoms with Gasteiger partial charge in [-0.25, -0.2) is 0 Å². The van der Waals surface area contributed by atoms with Gasteiger partial charge >= 0.3 is 0 Å². The quantitative estimate of drug-likeness (QED) is 0.155. The van der Waals surface area contributed by atoms with Gasteiger partial charge < -0.3 is 5.48 Å². The van der Waals surface area contributed by atoms with Crippen LogP contribution in [0.5, 0.6) is 0 Å². The van der Waals surface area contributed by atoms with Crippen molar-refractivity contribution < 1.29 is 5.48 Å². The molecule has 0 atom stereocenters. The zero-order chi connectivity index (χ0) is 25.7. The van der Waals surface area contributed by atoms with Crippen LogP contribution < -0.4 is 15.9 Å². The topological polar surface area (TPSA) is 30.0 Å². The third-order valence-corrected chi connectivity index (χ3v) is 12.5. The molecule has 6 aromatic rings. The van der Waals surface area contributed by atoms with Gasteiger partial charge in [-0.1, -0.05) is 146 Å². The van der Waals surface area contributed by atoms with Gasteiger partial charge in [-0.15, -0.1) is 0 Å². The number of hydrogen-bond acceptors (Lipinski definition) is 1. The average Bonchev–Trinajstić information content (AvgIpc) is 3.02. The second-order valence-electron chi connectivity index (χ2n) is 9.49. The van der Waals surface area contributed by atoms with Gasteiger partial charge in [0.25, 0.3) is 0 Å². The van der Waals surface area contributed by atoms with E-state index in [9.17, 15) is 0 Å². The molecule has 6 rings (SSSR count). The van der Waals surface area contributed by atoms with Crippen molar-refractivity contribution in [3.05, 3.63) is 199 Å². The Morgan fingerprint density at radius 3 is 0.718 bits per heavy atom. The molecule has 0 radical (unpaired) electrons. The molecule has 1 N–H and O–H groups in total. The first kappa shape index (κ1) is 26.3. The van der Waals surface area contributed by atoms with Crippen molar-refractivity contribution >= 4 is 23.2 Å². The van der Waals surface area contributed by atoms with Crippen LogP contribution in [-0.4, -0.2) is 5.48 Å². The summed E-state index contributed by atoms with van der Waals surface area (Å²) < 4.78 is 0. The van der Waals surface area contributed by atoms with Gasteiger partial charge in [0.15, 0.2) is 5.16 Å². The van der Waals surface area contributed by atoms with E-state index in [0.717, 1.165) is 0 Å². The Balaban J connectivity index is 0.00000308. The summed E-state index contributed by atoms with van der Waals surface area (Å²) in [5.41, 5.74) is 3.88. The summed E-state index contributed by atoms with van der Waals surface area (Å²) in [7, 11) is -2.46. The molecule has 0 aliphatic carbocycles. The highest BCUT2D eigenvalue weighted by Crippen LogP contribution is 2.74. The third-order valence-electron chi connectivity index (χ3n) is 7.51. The molecule has 0 unspecified atom stereocenters. The Hall–Kier alpha value is -4.29. The van der Waals surface area contributed by atoms with Crippen LogP contribution in [0.15, 0.2) is 182 Å². The van der Waals surface area contributed by atoms with Crippen LogP contribution in [0.1, 0.15) is 16.7 Å². The molecule has 0 fully saturated rings. The fourth-order valence-electron chi connectivity index (χ4n) is 6.10. The molecule has 0 heterocycles. The highest BCUT2D eigenvalue weighted by molar-refractivity contribution is 7.97. The lowest BCUT2D eigenvalue weighted by atomic mass is 9.84. The fraction of sp³-hybridized carbons (Fsp3) is 0.0270. The molecule has 1 nitrogen and oxygen atoms in total. The average molecular weight is 523 g/mol. The smallest absolute Gasteiger partial charge is 0.168 e. The van der Waals surface area contributed by atoms with Crippen molar-refractivity contribution in [1.82, 2.24) is 0 Å². The maximum atomic E-state index is 2.34. The summed E-state index contributed by atoms with van der Waals surface area (Å²) in [6.07, 6.45) is 0. The lowest BCUT2D eigenvalue weighted by molar-refractivity contribution is 0.824. The van der Waals surface area contributed by atoms with Crippen LogP contribution in [0.3, 0.4) is 0 Å². The highest BCUT2D eigenvalue weighted by atomic mass is 31.2. The Kier molecular flexibility index (Phi) is 7.84.